The number of hydrogen-bond donors (Lipinski definition) is 0. The maximum absolute atomic E-state index is 4.93. The molecule has 2 saturated heterocycles. The zero-order valence-corrected chi connectivity index (χ0v) is 13.8. The summed E-state index contributed by atoms with van der Waals surface area (Å²) in [4.78, 5) is 9.57. The Balaban J connectivity index is 1.72. The first-order valence-electron chi connectivity index (χ1n) is 7.93. The largest absolute Gasteiger partial charge is 0.309 e. The first-order valence-corrected chi connectivity index (χ1v) is 10.1. The lowest BCUT2D eigenvalue weighted by atomic mass is 10.1. The highest BCUT2D eigenvalue weighted by molar-refractivity contribution is 8.00. The van der Waals surface area contributed by atoms with Crippen LogP contribution in [0.5, 0.6) is 0 Å². The van der Waals surface area contributed by atoms with Crippen LogP contribution in [0.15, 0.2) is 18.3 Å². The number of pyridine rings is 1. The topological polar surface area (TPSA) is 30.7 Å². The van der Waals surface area contributed by atoms with Gasteiger partial charge in [0.05, 0.1) is 0 Å². The van der Waals surface area contributed by atoms with Crippen LogP contribution >= 0.6 is 23.5 Å². The minimum Gasteiger partial charge on any atom is -0.309 e. The number of fused-ring (bicyclic) bond motifs is 1. The van der Waals surface area contributed by atoms with Gasteiger partial charge in [0.25, 0.3) is 0 Å². The molecule has 3 nitrogen and oxygen atoms in total. The van der Waals surface area contributed by atoms with Gasteiger partial charge in [-0.05, 0) is 49.3 Å². The SMILES string of the molecule is c1cnc2c(c1)nc(CC1CCCS1)n2C1CCCSC1. The maximum atomic E-state index is 4.93. The fraction of sp³-hybridized carbons (Fsp3) is 0.625. The predicted octanol–water partition coefficient (Wildman–Crippen LogP) is 3.94. The highest BCUT2D eigenvalue weighted by Gasteiger charge is 2.25. The zero-order chi connectivity index (χ0) is 14.1. The van der Waals surface area contributed by atoms with Gasteiger partial charge in [0.2, 0.25) is 0 Å². The monoisotopic (exact) mass is 319 g/mol. The molecule has 2 aliphatic heterocycles. The van der Waals surface area contributed by atoms with Crippen molar-refractivity contribution in [1.82, 2.24) is 14.5 Å². The number of aromatic nitrogens is 3. The van der Waals surface area contributed by atoms with Crippen molar-refractivity contribution < 1.29 is 0 Å². The Morgan fingerprint density at radius 3 is 3.00 bits per heavy atom. The van der Waals surface area contributed by atoms with Crippen LogP contribution in [0, 0.1) is 0 Å². The maximum Gasteiger partial charge on any atom is 0.160 e. The van der Waals surface area contributed by atoms with E-state index >= 15 is 0 Å². The van der Waals surface area contributed by atoms with E-state index in [0.29, 0.717) is 6.04 Å². The molecule has 0 N–H and O–H groups in total. The Kier molecular flexibility index (Phi) is 4.12. The molecule has 0 saturated carbocycles. The third-order valence-corrected chi connectivity index (χ3v) is 7.05. The molecule has 2 fully saturated rings. The summed E-state index contributed by atoms with van der Waals surface area (Å²) in [5.74, 6) is 5.12. The quantitative estimate of drug-likeness (QED) is 0.857. The Bertz CT molecular complexity index is 613. The van der Waals surface area contributed by atoms with E-state index in [2.05, 4.69) is 39.1 Å². The number of thioether (sulfide) groups is 2. The summed E-state index contributed by atoms with van der Waals surface area (Å²) < 4.78 is 2.47. The smallest absolute Gasteiger partial charge is 0.160 e. The molecule has 4 rings (SSSR count). The summed E-state index contributed by atoms with van der Waals surface area (Å²) in [5, 5.41) is 0.761. The third kappa shape index (κ3) is 2.82. The lowest BCUT2D eigenvalue weighted by molar-refractivity contribution is 0.488. The molecule has 0 bridgehead atoms. The molecule has 0 aromatic carbocycles. The van der Waals surface area contributed by atoms with Gasteiger partial charge in [-0.25, -0.2) is 9.97 Å². The normalized spacial score (nSPS) is 26.5. The fourth-order valence-electron chi connectivity index (χ4n) is 3.44. The van der Waals surface area contributed by atoms with Gasteiger partial charge < -0.3 is 4.57 Å². The van der Waals surface area contributed by atoms with Gasteiger partial charge in [0, 0.05) is 29.7 Å². The summed E-state index contributed by atoms with van der Waals surface area (Å²) in [5.41, 5.74) is 2.18. The minimum atomic E-state index is 0.588. The molecule has 2 atom stereocenters. The van der Waals surface area contributed by atoms with Crippen LogP contribution in [-0.2, 0) is 6.42 Å². The van der Waals surface area contributed by atoms with Crippen molar-refractivity contribution in [3.05, 3.63) is 24.2 Å². The van der Waals surface area contributed by atoms with Crippen molar-refractivity contribution in [1.29, 1.82) is 0 Å². The molecule has 5 heteroatoms. The molecule has 4 heterocycles. The first-order chi connectivity index (χ1) is 10.4. The highest BCUT2D eigenvalue weighted by atomic mass is 32.2. The van der Waals surface area contributed by atoms with Crippen LogP contribution in [0.1, 0.15) is 37.5 Å². The number of nitrogens with zero attached hydrogens (tertiary/aromatic N) is 3. The molecule has 0 amide bonds. The second-order valence-electron chi connectivity index (χ2n) is 5.95. The summed E-state index contributed by atoms with van der Waals surface area (Å²) in [7, 11) is 0. The predicted molar refractivity (Wildman–Crippen MR) is 92.3 cm³/mol. The summed E-state index contributed by atoms with van der Waals surface area (Å²) in [6, 6.07) is 4.70. The van der Waals surface area contributed by atoms with E-state index < -0.39 is 0 Å². The Hall–Kier alpha value is -0.680. The zero-order valence-electron chi connectivity index (χ0n) is 12.2. The molecule has 112 valence electrons. The van der Waals surface area contributed by atoms with Crippen molar-refractivity contribution in [3.63, 3.8) is 0 Å². The summed E-state index contributed by atoms with van der Waals surface area (Å²) in [6.45, 7) is 0. The Morgan fingerprint density at radius 1 is 1.24 bits per heavy atom. The van der Waals surface area contributed by atoms with E-state index in [-0.39, 0.29) is 0 Å². The molecule has 2 unspecified atom stereocenters. The molecular formula is C16H21N3S2. The molecule has 0 aliphatic carbocycles. The average molecular weight is 319 g/mol. The fourth-order valence-corrected chi connectivity index (χ4v) is 5.83. The summed E-state index contributed by atoms with van der Waals surface area (Å²) >= 11 is 4.20. The lowest BCUT2D eigenvalue weighted by Crippen LogP contribution is -2.20. The summed E-state index contributed by atoms with van der Waals surface area (Å²) in [6.07, 6.45) is 8.33. The van der Waals surface area contributed by atoms with Crippen LogP contribution in [0.4, 0.5) is 0 Å². The molecule has 0 radical (unpaired) electrons. The van der Waals surface area contributed by atoms with Crippen LogP contribution in [0.25, 0.3) is 11.2 Å². The highest BCUT2D eigenvalue weighted by Crippen LogP contribution is 2.34. The lowest BCUT2D eigenvalue weighted by Gasteiger charge is -2.25. The molecule has 2 aliphatic rings. The van der Waals surface area contributed by atoms with E-state index in [1.165, 1.54) is 48.8 Å². The van der Waals surface area contributed by atoms with Crippen molar-refractivity contribution >= 4 is 34.7 Å². The van der Waals surface area contributed by atoms with Gasteiger partial charge in [0.1, 0.15) is 11.3 Å². The average Bonchev–Trinajstić information content (AvgIpc) is 3.15. The third-order valence-electron chi connectivity index (χ3n) is 4.46. The molecular weight excluding hydrogens is 298 g/mol. The van der Waals surface area contributed by atoms with Crippen LogP contribution in [0.2, 0.25) is 0 Å². The van der Waals surface area contributed by atoms with Gasteiger partial charge in [-0.15, -0.1) is 0 Å². The number of rotatable bonds is 3. The van der Waals surface area contributed by atoms with E-state index in [4.69, 9.17) is 4.98 Å². The van der Waals surface area contributed by atoms with Gasteiger partial charge in [-0.2, -0.15) is 23.5 Å². The van der Waals surface area contributed by atoms with E-state index in [1.807, 2.05) is 12.3 Å². The van der Waals surface area contributed by atoms with E-state index in [1.54, 1.807) is 0 Å². The van der Waals surface area contributed by atoms with Gasteiger partial charge in [-0.3, -0.25) is 0 Å². The molecule has 21 heavy (non-hydrogen) atoms. The second kappa shape index (κ2) is 6.21. The Labute approximate surface area is 134 Å². The van der Waals surface area contributed by atoms with Crippen LogP contribution < -0.4 is 0 Å². The minimum absolute atomic E-state index is 0.588. The van der Waals surface area contributed by atoms with Crippen molar-refractivity contribution in [3.8, 4) is 0 Å². The standard InChI is InChI=1S/C16H21N3S2/c1-6-14-16(17-7-1)19(12-4-2-8-20-11-12)15(18-14)10-13-5-3-9-21-13/h1,6-7,12-13H,2-5,8-11H2. The Morgan fingerprint density at radius 2 is 2.19 bits per heavy atom. The molecule has 2 aromatic rings. The van der Waals surface area contributed by atoms with Gasteiger partial charge in [0.15, 0.2) is 5.65 Å². The van der Waals surface area contributed by atoms with Crippen LogP contribution in [0.3, 0.4) is 0 Å². The first kappa shape index (κ1) is 13.9. The molecule has 0 spiro atoms. The second-order valence-corrected chi connectivity index (χ2v) is 8.51. The van der Waals surface area contributed by atoms with E-state index in [9.17, 15) is 0 Å². The number of imidazole rings is 1. The van der Waals surface area contributed by atoms with Crippen molar-refractivity contribution in [2.45, 2.75) is 43.4 Å². The number of hydrogen-bond acceptors (Lipinski definition) is 4. The van der Waals surface area contributed by atoms with Gasteiger partial charge in [-0.1, -0.05) is 0 Å². The molecule has 2 aromatic heterocycles. The van der Waals surface area contributed by atoms with Crippen molar-refractivity contribution in [2.75, 3.05) is 17.3 Å². The van der Waals surface area contributed by atoms with Crippen molar-refractivity contribution in [2.24, 2.45) is 0 Å². The van der Waals surface area contributed by atoms with Gasteiger partial charge >= 0.3 is 0 Å². The van der Waals surface area contributed by atoms with E-state index in [0.717, 1.165) is 22.8 Å². The van der Waals surface area contributed by atoms with Crippen LogP contribution in [-0.4, -0.2) is 37.0 Å².